The number of amides is 1. The minimum Gasteiger partial charge on any atom is -0.353 e. The van der Waals surface area contributed by atoms with Crippen molar-refractivity contribution < 1.29 is 4.79 Å². The minimum atomic E-state index is 0.251. The topological polar surface area (TPSA) is 41.1 Å². The SMILES string of the molecule is CC(C)C1CCCCC1NC(=O)C1CCNCC1. The van der Waals surface area contributed by atoms with E-state index >= 15 is 0 Å². The lowest BCUT2D eigenvalue weighted by Crippen LogP contribution is -2.47. The lowest BCUT2D eigenvalue weighted by atomic mass is 9.77. The molecule has 0 bridgehead atoms. The standard InChI is InChI=1S/C15H28N2O/c1-11(2)13-5-3-4-6-14(13)17-15(18)12-7-9-16-10-8-12/h11-14,16H,3-10H2,1-2H3,(H,17,18). The molecule has 1 saturated heterocycles. The van der Waals surface area contributed by atoms with Crippen LogP contribution in [0, 0.1) is 17.8 Å². The van der Waals surface area contributed by atoms with E-state index in [9.17, 15) is 4.79 Å². The largest absolute Gasteiger partial charge is 0.353 e. The zero-order valence-electron chi connectivity index (χ0n) is 11.9. The highest BCUT2D eigenvalue weighted by molar-refractivity contribution is 5.79. The van der Waals surface area contributed by atoms with Crippen LogP contribution in [-0.4, -0.2) is 25.0 Å². The van der Waals surface area contributed by atoms with E-state index in [0.29, 0.717) is 23.8 Å². The Morgan fingerprint density at radius 1 is 1.11 bits per heavy atom. The maximum atomic E-state index is 12.3. The summed E-state index contributed by atoms with van der Waals surface area (Å²) in [5, 5.41) is 6.67. The molecule has 1 aliphatic carbocycles. The van der Waals surface area contributed by atoms with Crippen LogP contribution in [0.2, 0.25) is 0 Å². The van der Waals surface area contributed by atoms with Crippen molar-refractivity contribution in [2.45, 2.75) is 58.4 Å². The Morgan fingerprint density at radius 2 is 1.78 bits per heavy atom. The van der Waals surface area contributed by atoms with Crippen LogP contribution >= 0.6 is 0 Å². The van der Waals surface area contributed by atoms with Gasteiger partial charge in [0.15, 0.2) is 0 Å². The van der Waals surface area contributed by atoms with Gasteiger partial charge in [0.05, 0.1) is 0 Å². The molecule has 0 aromatic rings. The molecule has 2 N–H and O–H groups in total. The van der Waals surface area contributed by atoms with Crippen LogP contribution in [0.3, 0.4) is 0 Å². The predicted octanol–water partition coefficient (Wildman–Crippen LogP) is 2.32. The van der Waals surface area contributed by atoms with Gasteiger partial charge in [-0.3, -0.25) is 4.79 Å². The molecular formula is C15H28N2O. The minimum absolute atomic E-state index is 0.251. The second-order valence-corrected chi connectivity index (χ2v) is 6.33. The van der Waals surface area contributed by atoms with E-state index < -0.39 is 0 Å². The Morgan fingerprint density at radius 3 is 2.44 bits per heavy atom. The molecule has 2 atom stereocenters. The molecule has 3 nitrogen and oxygen atoms in total. The van der Waals surface area contributed by atoms with E-state index in [0.717, 1.165) is 25.9 Å². The number of hydrogen-bond acceptors (Lipinski definition) is 2. The van der Waals surface area contributed by atoms with Crippen LogP contribution < -0.4 is 10.6 Å². The summed E-state index contributed by atoms with van der Waals surface area (Å²) in [7, 11) is 0. The number of rotatable bonds is 3. The summed E-state index contributed by atoms with van der Waals surface area (Å²) in [6.07, 6.45) is 7.09. The van der Waals surface area contributed by atoms with Crippen molar-refractivity contribution in [1.82, 2.24) is 10.6 Å². The number of piperidine rings is 1. The molecule has 0 aromatic carbocycles. The smallest absolute Gasteiger partial charge is 0.223 e. The summed E-state index contributed by atoms with van der Waals surface area (Å²) < 4.78 is 0. The van der Waals surface area contributed by atoms with Gasteiger partial charge in [-0.15, -0.1) is 0 Å². The van der Waals surface area contributed by atoms with Crippen molar-refractivity contribution in [3.05, 3.63) is 0 Å². The van der Waals surface area contributed by atoms with Crippen LogP contribution in [0.25, 0.3) is 0 Å². The van der Waals surface area contributed by atoms with Crippen LogP contribution in [-0.2, 0) is 4.79 Å². The lowest BCUT2D eigenvalue weighted by molar-refractivity contribution is -0.127. The third-order valence-corrected chi connectivity index (χ3v) is 4.71. The highest BCUT2D eigenvalue weighted by Crippen LogP contribution is 2.30. The number of carbonyl (C=O) groups excluding carboxylic acids is 1. The van der Waals surface area contributed by atoms with Gasteiger partial charge in [-0.1, -0.05) is 26.7 Å². The summed E-state index contributed by atoms with van der Waals surface area (Å²) in [5.74, 6) is 1.93. The summed E-state index contributed by atoms with van der Waals surface area (Å²) in [6, 6.07) is 0.432. The van der Waals surface area contributed by atoms with Gasteiger partial charge in [-0.2, -0.15) is 0 Å². The molecule has 3 heteroatoms. The number of nitrogens with one attached hydrogen (secondary N) is 2. The van der Waals surface area contributed by atoms with E-state index in [1.807, 2.05) is 0 Å². The van der Waals surface area contributed by atoms with Crippen molar-refractivity contribution in [3.63, 3.8) is 0 Å². The molecule has 1 amide bonds. The van der Waals surface area contributed by atoms with Gasteiger partial charge in [-0.05, 0) is 50.6 Å². The first kappa shape index (κ1) is 13.9. The maximum absolute atomic E-state index is 12.3. The van der Waals surface area contributed by atoms with Crippen LogP contribution in [0.1, 0.15) is 52.4 Å². The Labute approximate surface area is 111 Å². The fourth-order valence-electron chi connectivity index (χ4n) is 3.52. The first-order chi connectivity index (χ1) is 8.68. The molecule has 1 heterocycles. The fraction of sp³-hybridized carbons (Fsp3) is 0.933. The number of carbonyl (C=O) groups is 1. The average Bonchev–Trinajstić information content (AvgIpc) is 2.40. The molecule has 18 heavy (non-hydrogen) atoms. The maximum Gasteiger partial charge on any atom is 0.223 e. The number of hydrogen-bond donors (Lipinski definition) is 2. The van der Waals surface area contributed by atoms with Gasteiger partial charge in [-0.25, -0.2) is 0 Å². The molecular weight excluding hydrogens is 224 g/mol. The van der Waals surface area contributed by atoms with E-state index in [2.05, 4.69) is 24.5 Å². The Balaban J connectivity index is 1.87. The van der Waals surface area contributed by atoms with Crippen molar-refractivity contribution in [3.8, 4) is 0 Å². The summed E-state index contributed by atoms with van der Waals surface area (Å²) in [4.78, 5) is 12.3. The first-order valence-electron chi connectivity index (χ1n) is 7.69. The van der Waals surface area contributed by atoms with E-state index in [1.165, 1.54) is 25.7 Å². The highest BCUT2D eigenvalue weighted by atomic mass is 16.1. The molecule has 2 fully saturated rings. The van der Waals surface area contributed by atoms with E-state index in [-0.39, 0.29) is 5.92 Å². The van der Waals surface area contributed by atoms with Gasteiger partial charge in [0.2, 0.25) is 5.91 Å². The molecule has 1 saturated carbocycles. The van der Waals surface area contributed by atoms with Gasteiger partial charge < -0.3 is 10.6 Å². The third kappa shape index (κ3) is 3.47. The summed E-state index contributed by atoms with van der Waals surface area (Å²) in [5.41, 5.74) is 0. The second kappa shape index (κ2) is 6.55. The van der Waals surface area contributed by atoms with Crippen LogP contribution in [0.4, 0.5) is 0 Å². The van der Waals surface area contributed by atoms with Crippen molar-refractivity contribution in [2.24, 2.45) is 17.8 Å². The molecule has 2 unspecified atom stereocenters. The Bertz CT molecular complexity index is 272. The molecule has 0 radical (unpaired) electrons. The molecule has 2 rings (SSSR count). The molecule has 0 aromatic heterocycles. The van der Waals surface area contributed by atoms with Crippen molar-refractivity contribution in [1.29, 1.82) is 0 Å². The van der Waals surface area contributed by atoms with E-state index in [4.69, 9.17) is 0 Å². The summed E-state index contributed by atoms with van der Waals surface area (Å²) in [6.45, 7) is 6.58. The lowest BCUT2D eigenvalue weighted by Gasteiger charge is -2.36. The normalized spacial score (nSPS) is 30.4. The first-order valence-corrected chi connectivity index (χ1v) is 7.69. The second-order valence-electron chi connectivity index (χ2n) is 6.33. The van der Waals surface area contributed by atoms with Crippen LogP contribution in [0.15, 0.2) is 0 Å². The van der Waals surface area contributed by atoms with E-state index in [1.54, 1.807) is 0 Å². The molecule has 1 aliphatic heterocycles. The molecule has 2 aliphatic rings. The Hall–Kier alpha value is -0.570. The zero-order chi connectivity index (χ0) is 13.0. The van der Waals surface area contributed by atoms with Crippen molar-refractivity contribution >= 4 is 5.91 Å². The van der Waals surface area contributed by atoms with Crippen LogP contribution in [0.5, 0.6) is 0 Å². The summed E-state index contributed by atoms with van der Waals surface area (Å²) >= 11 is 0. The van der Waals surface area contributed by atoms with Gasteiger partial charge in [0.25, 0.3) is 0 Å². The molecule has 104 valence electrons. The molecule has 0 spiro atoms. The fourth-order valence-corrected chi connectivity index (χ4v) is 3.52. The Kier molecular flexibility index (Phi) is 5.04. The monoisotopic (exact) mass is 252 g/mol. The highest BCUT2D eigenvalue weighted by Gasteiger charge is 2.30. The third-order valence-electron chi connectivity index (χ3n) is 4.71. The average molecular weight is 252 g/mol. The zero-order valence-corrected chi connectivity index (χ0v) is 11.9. The van der Waals surface area contributed by atoms with Crippen molar-refractivity contribution in [2.75, 3.05) is 13.1 Å². The predicted molar refractivity (Wildman–Crippen MR) is 74.3 cm³/mol. The quantitative estimate of drug-likeness (QED) is 0.809. The van der Waals surface area contributed by atoms with Gasteiger partial charge >= 0.3 is 0 Å². The van der Waals surface area contributed by atoms with Gasteiger partial charge in [0.1, 0.15) is 0 Å². The van der Waals surface area contributed by atoms with Gasteiger partial charge in [0, 0.05) is 12.0 Å².